The summed E-state index contributed by atoms with van der Waals surface area (Å²) in [5, 5.41) is 1.22. The lowest BCUT2D eigenvalue weighted by atomic mass is 10.1. The average Bonchev–Trinajstić information content (AvgIpc) is 2.79. The number of rotatable bonds is 2. The number of aromatic amines is 1. The molecule has 2 aromatic heterocycles. The molecule has 0 saturated carbocycles. The second-order valence-corrected chi connectivity index (χ2v) is 4.48. The Kier molecular flexibility index (Phi) is 2.61. The average molecular weight is 237 g/mol. The molecule has 0 saturated heterocycles. The Morgan fingerprint density at radius 2 is 2.11 bits per heavy atom. The summed E-state index contributed by atoms with van der Waals surface area (Å²) in [5.74, 6) is 0. The Bertz CT molecular complexity index is 681. The lowest BCUT2D eigenvalue weighted by molar-refractivity contribution is 1.05. The van der Waals surface area contributed by atoms with E-state index < -0.39 is 0 Å². The van der Waals surface area contributed by atoms with Crippen molar-refractivity contribution in [2.75, 3.05) is 0 Å². The summed E-state index contributed by atoms with van der Waals surface area (Å²) in [7, 11) is 0. The first kappa shape index (κ1) is 11.0. The molecule has 18 heavy (non-hydrogen) atoms. The molecule has 0 atom stereocenters. The number of hydrogen-bond acceptors (Lipinski definition) is 2. The monoisotopic (exact) mass is 237 g/mol. The number of nitrogens with two attached hydrogens (primary N) is 1. The molecule has 3 rings (SSSR count). The maximum Gasteiger partial charge on any atom is 0.0723 e. The third-order valence-electron chi connectivity index (χ3n) is 3.13. The third-order valence-corrected chi connectivity index (χ3v) is 3.13. The summed E-state index contributed by atoms with van der Waals surface area (Å²) in [6.45, 7) is 2.59. The van der Waals surface area contributed by atoms with Gasteiger partial charge in [-0.2, -0.15) is 0 Å². The maximum absolute atomic E-state index is 5.59. The molecule has 0 aliphatic rings. The lowest BCUT2D eigenvalue weighted by Gasteiger charge is -2.04. The minimum atomic E-state index is 0.527. The topological polar surface area (TPSA) is 54.7 Å². The molecule has 0 bridgehead atoms. The highest BCUT2D eigenvalue weighted by atomic mass is 14.7. The van der Waals surface area contributed by atoms with Gasteiger partial charge in [0.1, 0.15) is 0 Å². The van der Waals surface area contributed by atoms with Gasteiger partial charge in [0.15, 0.2) is 0 Å². The van der Waals surface area contributed by atoms with Crippen LogP contribution >= 0.6 is 0 Å². The first-order chi connectivity index (χ1) is 8.78. The van der Waals surface area contributed by atoms with E-state index in [4.69, 9.17) is 5.73 Å². The molecule has 0 fully saturated rings. The molecule has 0 amide bonds. The van der Waals surface area contributed by atoms with Gasteiger partial charge in [0.25, 0.3) is 0 Å². The predicted molar refractivity (Wildman–Crippen MR) is 74.2 cm³/mol. The van der Waals surface area contributed by atoms with Crippen molar-refractivity contribution in [3.63, 3.8) is 0 Å². The molecular formula is C15H15N3. The second kappa shape index (κ2) is 4.27. The second-order valence-electron chi connectivity index (χ2n) is 4.48. The van der Waals surface area contributed by atoms with Gasteiger partial charge in [-0.15, -0.1) is 0 Å². The molecule has 3 nitrogen and oxygen atoms in total. The zero-order valence-electron chi connectivity index (χ0n) is 10.3. The number of fused-ring (bicyclic) bond motifs is 1. The summed E-state index contributed by atoms with van der Waals surface area (Å²) in [6.07, 6.45) is 1.84. The smallest absolute Gasteiger partial charge is 0.0723 e. The Morgan fingerprint density at radius 3 is 2.83 bits per heavy atom. The van der Waals surface area contributed by atoms with E-state index in [1.165, 1.54) is 5.39 Å². The summed E-state index contributed by atoms with van der Waals surface area (Å²) < 4.78 is 0. The molecule has 0 aliphatic heterocycles. The first-order valence-corrected chi connectivity index (χ1v) is 6.01. The lowest BCUT2D eigenvalue weighted by Crippen LogP contribution is -1.97. The van der Waals surface area contributed by atoms with Gasteiger partial charge in [0, 0.05) is 29.4 Å². The van der Waals surface area contributed by atoms with Gasteiger partial charge in [0.05, 0.1) is 11.2 Å². The fraction of sp³-hybridized carbons (Fsp3) is 0.133. The Balaban J connectivity index is 2.17. The number of aryl methyl sites for hydroxylation is 1. The quantitative estimate of drug-likeness (QED) is 0.720. The zero-order chi connectivity index (χ0) is 12.5. The summed E-state index contributed by atoms with van der Waals surface area (Å²) in [6, 6.07) is 12.4. The van der Waals surface area contributed by atoms with Gasteiger partial charge < -0.3 is 10.7 Å². The van der Waals surface area contributed by atoms with Crippen LogP contribution in [0.15, 0.2) is 42.6 Å². The molecular weight excluding hydrogens is 222 g/mol. The van der Waals surface area contributed by atoms with E-state index in [9.17, 15) is 0 Å². The van der Waals surface area contributed by atoms with Crippen molar-refractivity contribution in [1.29, 1.82) is 0 Å². The fourth-order valence-electron chi connectivity index (χ4n) is 2.21. The number of H-pyrrole nitrogens is 1. The van der Waals surface area contributed by atoms with Crippen molar-refractivity contribution in [2.24, 2.45) is 5.73 Å². The molecule has 3 heteroatoms. The van der Waals surface area contributed by atoms with E-state index in [2.05, 4.69) is 41.2 Å². The van der Waals surface area contributed by atoms with Crippen LogP contribution in [0.2, 0.25) is 0 Å². The van der Waals surface area contributed by atoms with E-state index in [0.717, 1.165) is 28.0 Å². The van der Waals surface area contributed by atoms with Crippen LogP contribution in [0.3, 0.4) is 0 Å². The van der Waals surface area contributed by atoms with Crippen molar-refractivity contribution in [2.45, 2.75) is 13.5 Å². The number of pyridine rings is 1. The Morgan fingerprint density at radius 1 is 1.22 bits per heavy atom. The molecule has 0 radical (unpaired) electrons. The van der Waals surface area contributed by atoms with Crippen molar-refractivity contribution in [1.82, 2.24) is 9.97 Å². The summed E-state index contributed by atoms with van der Waals surface area (Å²) in [4.78, 5) is 7.87. The van der Waals surface area contributed by atoms with Crippen molar-refractivity contribution >= 4 is 10.9 Å². The van der Waals surface area contributed by atoms with Crippen LogP contribution in [0, 0.1) is 6.92 Å². The highest BCUT2D eigenvalue weighted by molar-refractivity contribution is 5.93. The van der Waals surface area contributed by atoms with E-state index in [-0.39, 0.29) is 0 Å². The largest absolute Gasteiger partial charge is 0.358 e. The Labute approximate surface area is 106 Å². The molecule has 1 aromatic carbocycles. The van der Waals surface area contributed by atoms with Gasteiger partial charge in [-0.05, 0) is 24.6 Å². The van der Waals surface area contributed by atoms with Crippen LogP contribution in [0.1, 0.15) is 11.3 Å². The third kappa shape index (κ3) is 1.79. The number of hydrogen-bond donors (Lipinski definition) is 2. The highest BCUT2D eigenvalue weighted by Crippen LogP contribution is 2.27. The Hall–Kier alpha value is -2.13. The predicted octanol–water partition coefficient (Wildman–Crippen LogP) is 3.00. The standard InChI is InChI=1S/C15H15N3/c1-10-7-12-3-2-4-13(15(12)18-10)14-6-5-11(8-16)9-17-14/h2-7,9,18H,8,16H2,1H3. The van der Waals surface area contributed by atoms with Crippen LogP contribution in [-0.2, 0) is 6.54 Å². The van der Waals surface area contributed by atoms with Crippen LogP contribution in [0.25, 0.3) is 22.2 Å². The molecule has 0 spiro atoms. The molecule has 3 N–H and O–H groups in total. The minimum absolute atomic E-state index is 0.527. The number of nitrogens with one attached hydrogen (secondary N) is 1. The van der Waals surface area contributed by atoms with E-state index >= 15 is 0 Å². The number of nitrogens with zero attached hydrogens (tertiary/aromatic N) is 1. The molecule has 3 aromatic rings. The first-order valence-electron chi connectivity index (χ1n) is 6.01. The fourth-order valence-corrected chi connectivity index (χ4v) is 2.21. The van der Waals surface area contributed by atoms with Crippen LogP contribution in [0.5, 0.6) is 0 Å². The SMILES string of the molecule is Cc1cc2cccc(-c3ccc(CN)cn3)c2[nH]1. The van der Waals surface area contributed by atoms with Gasteiger partial charge in [0.2, 0.25) is 0 Å². The molecule has 90 valence electrons. The van der Waals surface area contributed by atoms with Crippen LogP contribution in [-0.4, -0.2) is 9.97 Å². The molecule has 2 heterocycles. The summed E-state index contributed by atoms with van der Waals surface area (Å²) >= 11 is 0. The highest BCUT2D eigenvalue weighted by Gasteiger charge is 2.06. The molecule has 0 unspecified atom stereocenters. The van der Waals surface area contributed by atoms with E-state index in [1.807, 2.05) is 18.3 Å². The normalized spacial score (nSPS) is 11.0. The van der Waals surface area contributed by atoms with Gasteiger partial charge in [-0.25, -0.2) is 0 Å². The van der Waals surface area contributed by atoms with Gasteiger partial charge in [-0.3, -0.25) is 4.98 Å². The van der Waals surface area contributed by atoms with Gasteiger partial charge in [-0.1, -0.05) is 24.3 Å². The van der Waals surface area contributed by atoms with E-state index in [0.29, 0.717) is 6.54 Å². The van der Waals surface area contributed by atoms with E-state index in [1.54, 1.807) is 0 Å². The number of benzene rings is 1. The zero-order valence-corrected chi connectivity index (χ0v) is 10.3. The number of aromatic nitrogens is 2. The van der Waals surface area contributed by atoms with Crippen LogP contribution < -0.4 is 5.73 Å². The number of para-hydroxylation sites is 1. The molecule has 0 aliphatic carbocycles. The van der Waals surface area contributed by atoms with Crippen molar-refractivity contribution in [3.05, 3.63) is 53.9 Å². The maximum atomic E-state index is 5.59. The van der Waals surface area contributed by atoms with Crippen molar-refractivity contribution < 1.29 is 0 Å². The summed E-state index contributed by atoms with van der Waals surface area (Å²) in [5.41, 5.74) is 11.0. The van der Waals surface area contributed by atoms with Crippen LogP contribution in [0.4, 0.5) is 0 Å². The minimum Gasteiger partial charge on any atom is -0.358 e. The van der Waals surface area contributed by atoms with Gasteiger partial charge >= 0.3 is 0 Å². The van der Waals surface area contributed by atoms with Crippen molar-refractivity contribution in [3.8, 4) is 11.3 Å².